The van der Waals surface area contributed by atoms with Gasteiger partial charge in [-0.15, -0.1) is 0 Å². The first kappa shape index (κ1) is 17.6. The molecule has 0 saturated carbocycles. The Labute approximate surface area is 148 Å². The minimum Gasteiger partial charge on any atom is -0.449 e. The SMILES string of the molecule is CC(OC(=O)c1cc(Cl)ccc1Cl)C(=O)Nc1ccc(Cl)cc1. The van der Waals surface area contributed by atoms with Crippen LogP contribution >= 0.6 is 34.8 Å². The smallest absolute Gasteiger partial charge is 0.340 e. The fraction of sp³-hybridized carbons (Fsp3) is 0.125. The highest BCUT2D eigenvalue weighted by atomic mass is 35.5. The molecular formula is C16H12Cl3NO3. The Morgan fingerprint density at radius 3 is 2.26 bits per heavy atom. The average Bonchev–Trinajstić information content (AvgIpc) is 2.51. The standard InChI is InChI=1S/C16H12Cl3NO3/c1-9(15(21)20-12-5-2-10(17)3-6-12)23-16(22)13-8-11(18)4-7-14(13)19/h2-9H,1H3,(H,20,21). The fourth-order valence-electron chi connectivity index (χ4n) is 1.71. The van der Waals surface area contributed by atoms with E-state index in [-0.39, 0.29) is 10.6 Å². The Morgan fingerprint density at radius 2 is 1.61 bits per heavy atom. The van der Waals surface area contributed by atoms with Crippen molar-refractivity contribution in [2.75, 3.05) is 5.32 Å². The molecule has 0 aliphatic heterocycles. The third-order valence-corrected chi connectivity index (χ3v) is 3.73. The summed E-state index contributed by atoms with van der Waals surface area (Å²) >= 11 is 17.5. The minimum atomic E-state index is -1.01. The predicted molar refractivity (Wildman–Crippen MR) is 91.4 cm³/mol. The molecule has 23 heavy (non-hydrogen) atoms. The van der Waals surface area contributed by atoms with Crippen molar-refractivity contribution in [3.05, 3.63) is 63.1 Å². The molecule has 2 aromatic carbocycles. The molecule has 1 unspecified atom stereocenters. The van der Waals surface area contributed by atoms with E-state index >= 15 is 0 Å². The number of ether oxygens (including phenoxy) is 1. The van der Waals surface area contributed by atoms with Gasteiger partial charge in [-0.1, -0.05) is 34.8 Å². The van der Waals surface area contributed by atoms with Crippen molar-refractivity contribution >= 4 is 52.4 Å². The van der Waals surface area contributed by atoms with Crippen molar-refractivity contribution in [3.63, 3.8) is 0 Å². The number of halogens is 3. The van der Waals surface area contributed by atoms with Gasteiger partial charge in [-0.05, 0) is 49.4 Å². The van der Waals surface area contributed by atoms with Crippen LogP contribution in [0.4, 0.5) is 5.69 Å². The molecule has 2 aromatic rings. The summed E-state index contributed by atoms with van der Waals surface area (Å²) in [5.74, 6) is -1.20. The first-order valence-corrected chi connectivity index (χ1v) is 7.72. The Balaban J connectivity index is 2.01. The van der Waals surface area contributed by atoms with Gasteiger partial charge in [0.25, 0.3) is 5.91 Å². The summed E-state index contributed by atoms with van der Waals surface area (Å²) in [5, 5.41) is 3.72. The Kier molecular flexibility index (Phi) is 5.88. The Hall–Kier alpha value is -1.75. The molecule has 1 N–H and O–H groups in total. The molecule has 0 heterocycles. The van der Waals surface area contributed by atoms with Crippen LogP contribution in [0.1, 0.15) is 17.3 Å². The number of esters is 1. The number of rotatable bonds is 4. The van der Waals surface area contributed by atoms with Gasteiger partial charge < -0.3 is 10.1 Å². The van der Waals surface area contributed by atoms with E-state index in [0.717, 1.165) is 0 Å². The summed E-state index contributed by atoms with van der Waals surface area (Å²) in [5.41, 5.74) is 0.647. The molecular weight excluding hydrogens is 361 g/mol. The normalized spacial score (nSPS) is 11.7. The minimum absolute atomic E-state index is 0.102. The van der Waals surface area contributed by atoms with Crippen molar-refractivity contribution < 1.29 is 14.3 Å². The van der Waals surface area contributed by atoms with Gasteiger partial charge >= 0.3 is 5.97 Å². The molecule has 120 valence electrons. The summed E-state index contributed by atoms with van der Waals surface area (Å²) < 4.78 is 5.11. The number of anilines is 1. The van der Waals surface area contributed by atoms with Gasteiger partial charge in [0.1, 0.15) is 0 Å². The first-order valence-electron chi connectivity index (χ1n) is 6.59. The van der Waals surface area contributed by atoms with E-state index in [0.29, 0.717) is 15.7 Å². The van der Waals surface area contributed by atoms with Crippen LogP contribution in [0.3, 0.4) is 0 Å². The summed E-state index contributed by atoms with van der Waals surface area (Å²) in [4.78, 5) is 24.1. The summed E-state index contributed by atoms with van der Waals surface area (Å²) in [6, 6.07) is 11.0. The molecule has 1 atom stereocenters. The number of hydrogen-bond acceptors (Lipinski definition) is 3. The first-order chi connectivity index (χ1) is 10.9. The van der Waals surface area contributed by atoms with E-state index in [1.54, 1.807) is 30.3 Å². The summed E-state index contributed by atoms with van der Waals surface area (Å²) in [7, 11) is 0. The third-order valence-electron chi connectivity index (χ3n) is 2.91. The number of carbonyl (C=O) groups is 2. The second kappa shape index (κ2) is 7.68. The Bertz CT molecular complexity index is 732. The van der Waals surface area contributed by atoms with Crippen LogP contribution in [0.25, 0.3) is 0 Å². The zero-order chi connectivity index (χ0) is 17.0. The van der Waals surface area contributed by atoms with Gasteiger partial charge in [0.2, 0.25) is 0 Å². The van der Waals surface area contributed by atoms with E-state index in [1.807, 2.05) is 0 Å². The number of benzene rings is 2. The lowest BCUT2D eigenvalue weighted by atomic mass is 10.2. The molecule has 0 aromatic heterocycles. The van der Waals surface area contributed by atoms with Crippen LogP contribution in [0.15, 0.2) is 42.5 Å². The van der Waals surface area contributed by atoms with Crippen LogP contribution in [0, 0.1) is 0 Å². The van der Waals surface area contributed by atoms with Crippen LogP contribution in [0.2, 0.25) is 15.1 Å². The zero-order valence-electron chi connectivity index (χ0n) is 12.0. The maximum absolute atomic E-state index is 12.1. The van der Waals surface area contributed by atoms with E-state index in [4.69, 9.17) is 39.5 Å². The highest BCUT2D eigenvalue weighted by Crippen LogP contribution is 2.22. The highest BCUT2D eigenvalue weighted by molar-refractivity contribution is 6.35. The second-order valence-corrected chi connectivity index (χ2v) is 5.95. The number of carbonyl (C=O) groups excluding carboxylic acids is 2. The molecule has 0 aliphatic rings. The highest BCUT2D eigenvalue weighted by Gasteiger charge is 2.21. The average molecular weight is 373 g/mol. The third kappa shape index (κ3) is 4.86. The zero-order valence-corrected chi connectivity index (χ0v) is 14.2. The molecule has 0 saturated heterocycles. The van der Waals surface area contributed by atoms with E-state index in [1.165, 1.54) is 19.1 Å². The largest absolute Gasteiger partial charge is 0.449 e. The molecule has 0 radical (unpaired) electrons. The number of nitrogens with one attached hydrogen (secondary N) is 1. The maximum Gasteiger partial charge on any atom is 0.340 e. The monoisotopic (exact) mass is 371 g/mol. The van der Waals surface area contributed by atoms with Crippen LogP contribution in [-0.2, 0) is 9.53 Å². The lowest BCUT2D eigenvalue weighted by Crippen LogP contribution is -2.30. The van der Waals surface area contributed by atoms with E-state index < -0.39 is 18.0 Å². The van der Waals surface area contributed by atoms with Crippen molar-refractivity contribution in [2.45, 2.75) is 13.0 Å². The van der Waals surface area contributed by atoms with Crippen molar-refractivity contribution in [1.29, 1.82) is 0 Å². The van der Waals surface area contributed by atoms with Gasteiger partial charge in [-0.3, -0.25) is 4.79 Å². The number of amides is 1. The van der Waals surface area contributed by atoms with Crippen molar-refractivity contribution in [1.82, 2.24) is 0 Å². The van der Waals surface area contributed by atoms with E-state index in [9.17, 15) is 9.59 Å². The van der Waals surface area contributed by atoms with Crippen molar-refractivity contribution in [2.24, 2.45) is 0 Å². The molecule has 0 fully saturated rings. The topological polar surface area (TPSA) is 55.4 Å². The summed E-state index contributed by atoms with van der Waals surface area (Å²) in [6.07, 6.45) is -1.01. The molecule has 1 amide bonds. The van der Waals surface area contributed by atoms with Gasteiger partial charge in [-0.2, -0.15) is 0 Å². The molecule has 0 spiro atoms. The number of hydrogen-bond donors (Lipinski definition) is 1. The quantitative estimate of drug-likeness (QED) is 0.782. The van der Waals surface area contributed by atoms with E-state index in [2.05, 4.69) is 5.32 Å². The molecule has 4 nitrogen and oxygen atoms in total. The molecule has 0 aliphatic carbocycles. The molecule has 2 rings (SSSR count). The lowest BCUT2D eigenvalue weighted by Gasteiger charge is -2.14. The van der Waals surface area contributed by atoms with Gasteiger partial charge in [0, 0.05) is 15.7 Å². The molecule has 7 heteroatoms. The maximum atomic E-state index is 12.1. The van der Waals surface area contributed by atoms with Gasteiger partial charge in [0.15, 0.2) is 6.10 Å². The summed E-state index contributed by atoms with van der Waals surface area (Å²) in [6.45, 7) is 1.46. The Morgan fingerprint density at radius 1 is 1.00 bits per heavy atom. The lowest BCUT2D eigenvalue weighted by molar-refractivity contribution is -0.123. The molecule has 0 bridgehead atoms. The van der Waals surface area contributed by atoms with Crippen LogP contribution in [0.5, 0.6) is 0 Å². The van der Waals surface area contributed by atoms with Gasteiger partial charge in [0.05, 0.1) is 10.6 Å². The fourth-order valence-corrected chi connectivity index (χ4v) is 2.20. The predicted octanol–water partition coefficient (Wildman–Crippen LogP) is 4.83. The van der Waals surface area contributed by atoms with Gasteiger partial charge in [-0.25, -0.2) is 4.79 Å². The van der Waals surface area contributed by atoms with Crippen LogP contribution < -0.4 is 5.32 Å². The second-order valence-electron chi connectivity index (χ2n) is 4.67. The van der Waals surface area contributed by atoms with Crippen LogP contribution in [-0.4, -0.2) is 18.0 Å². The van der Waals surface area contributed by atoms with Crippen molar-refractivity contribution in [3.8, 4) is 0 Å².